The van der Waals surface area contributed by atoms with E-state index in [0.29, 0.717) is 22.9 Å². The number of nitrogens with zero attached hydrogens (tertiary/aromatic N) is 2. The van der Waals surface area contributed by atoms with Gasteiger partial charge in [0.1, 0.15) is 11.5 Å². The second kappa shape index (κ2) is 8.36. The number of nitrogens with one attached hydrogen (secondary N) is 1. The molecular weight excluding hydrogens is 360 g/mol. The first-order chi connectivity index (χ1) is 13.5. The molecule has 0 aliphatic rings. The maximum Gasteiger partial charge on any atom is 0.278 e. The van der Waals surface area contributed by atoms with Crippen molar-refractivity contribution in [2.45, 2.75) is 6.61 Å². The van der Waals surface area contributed by atoms with E-state index in [1.54, 1.807) is 42.5 Å². The third-order valence-corrected chi connectivity index (χ3v) is 4.06. The molecular formula is C20H20N4O4. The van der Waals surface area contributed by atoms with Crippen LogP contribution in [0.25, 0.3) is 11.3 Å². The molecule has 0 unspecified atom stereocenters. The van der Waals surface area contributed by atoms with E-state index in [0.717, 1.165) is 11.1 Å². The van der Waals surface area contributed by atoms with Gasteiger partial charge in [-0.1, -0.05) is 24.3 Å². The Morgan fingerprint density at radius 3 is 2.32 bits per heavy atom. The number of rotatable bonds is 6. The van der Waals surface area contributed by atoms with E-state index >= 15 is 0 Å². The molecule has 2 aromatic carbocycles. The second-order valence-electron chi connectivity index (χ2n) is 5.90. The predicted molar refractivity (Wildman–Crippen MR) is 105 cm³/mol. The Balaban J connectivity index is 1.89. The van der Waals surface area contributed by atoms with Crippen molar-refractivity contribution in [2.75, 3.05) is 25.3 Å². The molecule has 1 heterocycles. The number of hydrogen-bond donors (Lipinski definition) is 3. The topological polar surface area (TPSA) is 120 Å². The molecule has 0 aliphatic carbocycles. The lowest BCUT2D eigenvalue weighted by molar-refractivity contribution is 0.102. The summed E-state index contributed by atoms with van der Waals surface area (Å²) >= 11 is 0. The van der Waals surface area contributed by atoms with Crippen molar-refractivity contribution < 1.29 is 19.4 Å². The molecule has 0 atom stereocenters. The zero-order valence-corrected chi connectivity index (χ0v) is 15.5. The molecule has 144 valence electrons. The molecule has 3 rings (SSSR count). The van der Waals surface area contributed by atoms with E-state index in [-0.39, 0.29) is 18.1 Å². The molecule has 0 radical (unpaired) electrons. The quantitative estimate of drug-likeness (QED) is 0.601. The summed E-state index contributed by atoms with van der Waals surface area (Å²) in [6, 6.07) is 12.1. The van der Waals surface area contributed by atoms with Gasteiger partial charge in [-0.2, -0.15) is 0 Å². The molecule has 0 aliphatic heterocycles. The van der Waals surface area contributed by atoms with Crippen molar-refractivity contribution in [3.8, 4) is 22.8 Å². The van der Waals surface area contributed by atoms with Crippen molar-refractivity contribution in [2.24, 2.45) is 0 Å². The summed E-state index contributed by atoms with van der Waals surface area (Å²) in [4.78, 5) is 21.1. The van der Waals surface area contributed by atoms with E-state index in [1.807, 2.05) is 0 Å². The van der Waals surface area contributed by atoms with Crippen LogP contribution in [0.2, 0.25) is 0 Å². The van der Waals surface area contributed by atoms with Crippen molar-refractivity contribution in [1.29, 1.82) is 0 Å². The minimum atomic E-state index is -0.505. The fourth-order valence-corrected chi connectivity index (χ4v) is 2.56. The molecule has 3 aromatic rings. The van der Waals surface area contributed by atoms with Crippen LogP contribution in [0.15, 0.2) is 48.7 Å². The van der Waals surface area contributed by atoms with Crippen LogP contribution in [0.5, 0.6) is 11.5 Å². The monoisotopic (exact) mass is 380 g/mol. The Hall–Kier alpha value is -3.65. The first-order valence-electron chi connectivity index (χ1n) is 8.41. The number of amides is 1. The SMILES string of the molecule is COc1cc(NC(=O)c2nc(-c3ccc(CO)cc3)cnc2N)cc(OC)c1. The average Bonchev–Trinajstić information content (AvgIpc) is 2.73. The molecule has 0 saturated heterocycles. The lowest BCUT2D eigenvalue weighted by atomic mass is 10.1. The molecule has 8 heteroatoms. The van der Waals surface area contributed by atoms with Gasteiger partial charge in [-0.3, -0.25) is 4.79 Å². The third-order valence-electron chi connectivity index (χ3n) is 4.06. The lowest BCUT2D eigenvalue weighted by Crippen LogP contribution is -2.17. The Morgan fingerprint density at radius 1 is 1.11 bits per heavy atom. The zero-order valence-electron chi connectivity index (χ0n) is 15.5. The van der Waals surface area contributed by atoms with Gasteiger partial charge in [0.15, 0.2) is 11.5 Å². The minimum absolute atomic E-state index is 0.00511. The number of aliphatic hydroxyl groups excluding tert-OH is 1. The Labute approximate surface area is 162 Å². The highest BCUT2D eigenvalue weighted by Gasteiger charge is 2.16. The number of aromatic nitrogens is 2. The predicted octanol–water partition coefficient (Wildman–Crippen LogP) is 2.49. The summed E-state index contributed by atoms with van der Waals surface area (Å²) in [5.41, 5.74) is 8.36. The Bertz CT molecular complexity index is 968. The van der Waals surface area contributed by atoms with Gasteiger partial charge in [-0.25, -0.2) is 9.97 Å². The lowest BCUT2D eigenvalue weighted by Gasteiger charge is -2.11. The average molecular weight is 380 g/mol. The molecule has 4 N–H and O–H groups in total. The van der Waals surface area contributed by atoms with Gasteiger partial charge in [0.25, 0.3) is 5.91 Å². The number of anilines is 2. The van der Waals surface area contributed by atoms with Gasteiger partial charge >= 0.3 is 0 Å². The fourth-order valence-electron chi connectivity index (χ4n) is 2.56. The number of carbonyl (C=O) groups excluding carboxylic acids is 1. The van der Waals surface area contributed by atoms with Crippen molar-refractivity contribution in [3.63, 3.8) is 0 Å². The van der Waals surface area contributed by atoms with Crippen molar-refractivity contribution >= 4 is 17.4 Å². The number of nitrogen functional groups attached to an aromatic ring is 1. The van der Waals surface area contributed by atoms with Gasteiger partial charge < -0.3 is 25.6 Å². The number of ether oxygens (including phenoxy) is 2. The summed E-state index contributed by atoms with van der Waals surface area (Å²) in [6.45, 7) is -0.0502. The zero-order chi connectivity index (χ0) is 20.1. The fraction of sp³-hybridized carbons (Fsp3) is 0.150. The molecule has 0 bridgehead atoms. The highest BCUT2D eigenvalue weighted by atomic mass is 16.5. The van der Waals surface area contributed by atoms with Crippen LogP contribution in [0, 0.1) is 0 Å². The van der Waals surface area contributed by atoms with E-state index in [9.17, 15) is 4.79 Å². The summed E-state index contributed by atoms with van der Waals surface area (Å²) in [5, 5.41) is 11.9. The minimum Gasteiger partial charge on any atom is -0.497 e. The molecule has 0 fully saturated rings. The van der Waals surface area contributed by atoms with Crippen molar-refractivity contribution in [3.05, 3.63) is 59.9 Å². The van der Waals surface area contributed by atoms with Crippen LogP contribution in [0.1, 0.15) is 16.1 Å². The largest absolute Gasteiger partial charge is 0.497 e. The second-order valence-corrected chi connectivity index (χ2v) is 5.90. The molecule has 8 nitrogen and oxygen atoms in total. The van der Waals surface area contributed by atoms with E-state index < -0.39 is 5.91 Å². The normalized spacial score (nSPS) is 10.4. The number of benzene rings is 2. The number of methoxy groups -OCH3 is 2. The number of carbonyl (C=O) groups is 1. The highest BCUT2D eigenvalue weighted by molar-refractivity contribution is 6.06. The van der Waals surface area contributed by atoms with E-state index in [4.69, 9.17) is 20.3 Å². The summed E-state index contributed by atoms with van der Waals surface area (Å²) in [7, 11) is 3.05. The van der Waals surface area contributed by atoms with E-state index in [1.165, 1.54) is 20.4 Å². The third kappa shape index (κ3) is 4.18. The van der Waals surface area contributed by atoms with Crippen LogP contribution in [-0.2, 0) is 6.61 Å². The number of nitrogens with two attached hydrogens (primary N) is 1. The molecule has 28 heavy (non-hydrogen) atoms. The van der Waals surface area contributed by atoms with Gasteiger partial charge in [-0.15, -0.1) is 0 Å². The van der Waals surface area contributed by atoms with Gasteiger partial charge in [-0.05, 0) is 5.56 Å². The summed E-state index contributed by atoms with van der Waals surface area (Å²) < 4.78 is 10.4. The van der Waals surface area contributed by atoms with Crippen LogP contribution in [0.4, 0.5) is 11.5 Å². The highest BCUT2D eigenvalue weighted by Crippen LogP contribution is 2.26. The van der Waals surface area contributed by atoms with Crippen LogP contribution in [-0.4, -0.2) is 35.2 Å². The number of aliphatic hydroxyl groups is 1. The molecule has 1 aromatic heterocycles. The van der Waals surface area contributed by atoms with Crippen LogP contribution in [0.3, 0.4) is 0 Å². The summed E-state index contributed by atoms with van der Waals surface area (Å²) in [6.07, 6.45) is 1.49. The van der Waals surface area contributed by atoms with Crippen molar-refractivity contribution in [1.82, 2.24) is 9.97 Å². The van der Waals surface area contributed by atoms with Crippen LogP contribution >= 0.6 is 0 Å². The maximum absolute atomic E-state index is 12.7. The first kappa shape index (κ1) is 19.1. The van der Waals surface area contributed by atoms with E-state index in [2.05, 4.69) is 15.3 Å². The van der Waals surface area contributed by atoms with Crippen LogP contribution < -0.4 is 20.5 Å². The van der Waals surface area contributed by atoms with Gasteiger partial charge in [0.05, 0.1) is 32.7 Å². The smallest absolute Gasteiger partial charge is 0.278 e. The van der Waals surface area contributed by atoms with Gasteiger partial charge in [0.2, 0.25) is 0 Å². The maximum atomic E-state index is 12.7. The Kier molecular flexibility index (Phi) is 5.71. The van der Waals surface area contributed by atoms with Gasteiger partial charge in [0, 0.05) is 29.4 Å². The Morgan fingerprint density at radius 2 is 1.75 bits per heavy atom. The molecule has 1 amide bonds. The molecule has 0 saturated carbocycles. The molecule has 0 spiro atoms. The number of hydrogen-bond acceptors (Lipinski definition) is 7. The standard InChI is InChI=1S/C20H20N4O4/c1-27-15-7-14(8-16(9-15)28-2)23-20(26)18-19(21)22-10-17(24-18)13-5-3-12(11-25)4-6-13/h3-10,25H,11H2,1-2H3,(H2,21,22)(H,23,26). The summed E-state index contributed by atoms with van der Waals surface area (Å²) in [5.74, 6) is 0.579. The first-order valence-corrected chi connectivity index (χ1v) is 8.41.